The number of amides is 2. The molecule has 1 aromatic carbocycles. The van der Waals surface area contributed by atoms with Crippen molar-refractivity contribution in [2.45, 2.75) is 32.9 Å². The van der Waals surface area contributed by atoms with Crippen molar-refractivity contribution in [3.8, 4) is 0 Å². The molecule has 2 amide bonds. The largest absolute Gasteiger partial charge is 0.344 e. The van der Waals surface area contributed by atoms with E-state index in [1.165, 1.54) is 11.1 Å². The third kappa shape index (κ3) is 3.61. The van der Waals surface area contributed by atoms with Gasteiger partial charge in [0, 0.05) is 25.7 Å². The maximum absolute atomic E-state index is 12.3. The molecule has 5 nitrogen and oxygen atoms in total. The molecule has 21 heavy (non-hydrogen) atoms. The Labute approximate surface area is 125 Å². The van der Waals surface area contributed by atoms with E-state index in [4.69, 9.17) is 0 Å². The summed E-state index contributed by atoms with van der Waals surface area (Å²) in [7, 11) is 1.73. The van der Waals surface area contributed by atoms with Crippen molar-refractivity contribution in [3.05, 3.63) is 34.9 Å². The van der Waals surface area contributed by atoms with Crippen molar-refractivity contribution in [1.82, 2.24) is 15.5 Å². The SMILES string of the molecule is CCN(C)C(=O)C(C)NC(=O)c1ccc2c(c1)CNCC2. The fraction of sp³-hybridized carbons (Fsp3) is 0.500. The number of nitrogens with one attached hydrogen (secondary N) is 2. The highest BCUT2D eigenvalue weighted by atomic mass is 16.2. The molecule has 1 aliphatic heterocycles. The number of benzene rings is 1. The predicted octanol–water partition coefficient (Wildman–Crippen LogP) is 0.929. The Hall–Kier alpha value is -1.88. The van der Waals surface area contributed by atoms with Crippen molar-refractivity contribution >= 4 is 11.8 Å². The van der Waals surface area contributed by atoms with Crippen LogP contribution in [-0.4, -0.2) is 42.9 Å². The van der Waals surface area contributed by atoms with Crippen LogP contribution in [0.3, 0.4) is 0 Å². The van der Waals surface area contributed by atoms with Crippen LogP contribution in [0, 0.1) is 0 Å². The molecule has 0 radical (unpaired) electrons. The molecule has 1 atom stereocenters. The second-order valence-corrected chi connectivity index (χ2v) is 5.46. The average molecular weight is 289 g/mol. The molecule has 2 rings (SSSR count). The third-order valence-electron chi connectivity index (χ3n) is 3.92. The first-order valence-corrected chi connectivity index (χ1v) is 7.41. The van der Waals surface area contributed by atoms with Crippen LogP contribution >= 0.6 is 0 Å². The average Bonchev–Trinajstić information content (AvgIpc) is 2.52. The van der Waals surface area contributed by atoms with Crippen molar-refractivity contribution in [2.75, 3.05) is 20.1 Å². The van der Waals surface area contributed by atoms with Crippen LogP contribution < -0.4 is 10.6 Å². The number of fused-ring (bicyclic) bond motifs is 1. The second kappa shape index (κ2) is 6.72. The number of hydrogen-bond donors (Lipinski definition) is 2. The molecule has 0 aromatic heterocycles. The van der Waals surface area contributed by atoms with Crippen LogP contribution in [-0.2, 0) is 17.8 Å². The van der Waals surface area contributed by atoms with E-state index in [-0.39, 0.29) is 11.8 Å². The monoisotopic (exact) mass is 289 g/mol. The number of carbonyl (C=O) groups excluding carboxylic acids is 2. The number of nitrogens with zero attached hydrogens (tertiary/aromatic N) is 1. The fourth-order valence-corrected chi connectivity index (χ4v) is 2.45. The molecule has 5 heteroatoms. The Kier molecular flexibility index (Phi) is 4.96. The highest BCUT2D eigenvalue weighted by Gasteiger charge is 2.20. The van der Waals surface area contributed by atoms with Gasteiger partial charge in [0.1, 0.15) is 6.04 Å². The summed E-state index contributed by atoms with van der Waals surface area (Å²) < 4.78 is 0. The van der Waals surface area contributed by atoms with Crippen LogP contribution in [0.1, 0.15) is 35.3 Å². The molecule has 0 bridgehead atoms. The second-order valence-electron chi connectivity index (χ2n) is 5.46. The third-order valence-corrected chi connectivity index (χ3v) is 3.92. The smallest absolute Gasteiger partial charge is 0.251 e. The van der Waals surface area contributed by atoms with E-state index >= 15 is 0 Å². The minimum Gasteiger partial charge on any atom is -0.344 e. The highest BCUT2D eigenvalue weighted by Crippen LogP contribution is 2.16. The molecule has 114 valence electrons. The summed E-state index contributed by atoms with van der Waals surface area (Å²) in [5.41, 5.74) is 3.06. The summed E-state index contributed by atoms with van der Waals surface area (Å²) in [6, 6.07) is 5.24. The molecule has 0 saturated heterocycles. The first-order chi connectivity index (χ1) is 10.0. The Bertz CT molecular complexity index is 542. The van der Waals surface area contributed by atoms with Gasteiger partial charge in [-0.25, -0.2) is 0 Å². The van der Waals surface area contributed by atoms with E-state index in [1.54, 1.807) is 18.9 Å². The van der Waals surface area contributed by atoms with Gasteiger partial charge in [-0.3, -0.25) is 9.59 Å². The van der Waals surface area contributed by atoms with Gasteiger partial charge in [-0.15, -0.1) is 0 Å². The lowest BCUT2D eigenvalue weighted by molar-refractivity contribution is -0.131. The zero-order valence-electron chi connectivity index (χ0n) is 12.9. The van der Waals surface area contributed by atoms with Crippen molar-refractivity contribution < 1.29 is 9.59 Å². The molecule has 1 aromatic rings. The molecule has 1 unspecified atom stereocenters. The summed E-state index contributed by atoms with van der Waals surface area (Å²) in [6.45, 7) is 6.02. The summed E-state index contributed by atoms with van der Waals surface area (Å²) in [5.74, 6) is -0.279. The van der Waals surface area contributed by atoms with Gasteiger partial charge in [0.05, 0.1) is 0 Å². The zero-order valence-corrected chi connectivity index (χ0v) is 12.9. The summed E-state index contributed by atoms with van der Waals surface area (Å²) in [5, 5.41) is 6.06. The van der Waals surface area contributed by atoms with Gasteiger partial charge in [0.25, 0.3) is 5.91 Å². The van der Waals surface area contributed by atoms with Gasteiger partial charge in [0.15, 0.2) is 0 Å². The molecule has 2 N–H and O–H groups in total. The molecular weight excluding hydrogens is 266 g/mol. The van der Waals surface area contributed by atoms with Crippen LogP contribution in [0.15, 0.2) is 18.2 Å². The van der Waals surface area contributed by atoms with Crippen LogP contribution in [0.25, 0.3) is 0 Å². The van der Waals surface area contributed by atoms with Crippen molar-refractivity contribution in [2.24, 2.45) is 0 Å². The van der Waals surface area contributed by atoms with Crippen molar-refractivity contribution in [3.63, 3.8) is 0 Å². The maximum Gasteiger partial charge on any atom is 0.251 e. The molecular formula is C16H23N3O2. The van der Waals surface area contributed by atoms with Crippen molar-refractivity contribution in [1.29, 1.82) is 0 Å². The lowest BCUT2D eigenvalue weighted by Gasteiger charge is -2.21. The Morgan fingerprint density at radius 3 is 2.86 bits per heavy atom. The van der Waals surface area contributed by atoms with Gasteiger partial charge in [-0.2, -0.15) is 0 Å². The number of rotatable bonds is 4. The molecule has 0 aliphatic carbocycles. The lowest BCUT2D eigenvalue weighted by atomic mass is 9.98. The van der Waals surface area contributed by atoms with Gasteiger partial charge in [0.2, 0.25) is 5.91 Å². The molecule has 0 saturated carbocycles. The lowest BCUT2D eigenvalue weighted by Crippen LogP contribution is -2.45. The number of likely N-dealkylation sites (N-methyl/N-ethyl adjacent to an activating group) is 1. The Balaban J connectivity index is 2.05. The topological polar surface area (TPSA) is 61.4 Å². The normalized spacial score (nSPS) is 15.0. The summed E-state index contributed by atoms with van der Waals surface area (Å²) >= 11 is 0. The van der Waals surface area contributed by atoms with E-state index in [0.717, 1.165) is 19.5 Å². The van der Waals surface area contributed by atoms with E-state index in [0.29, 0.717) is 12.1 Å². The Morgan fingerprint density at radius 2 is 2.14 bits per heavy atom. The number of carbonyl (C=O) groups is 2. The zero-order chi connectivity index (χ0) is 15.4. The minimum atomic E-state index is -0.517. The summed E-state index contributed by atoms with van der Waals surface area (Å²) in [4.78, 5) is 25.8. The van der Waals surface area contributed by atoms with Crippen LogP contribution in [0.2, 0.25) is 0 Å². The minimum absolute atomic E-state index is 0.0783. The molecule has 1 aliphatic rings. The van der Waals surface area contributed by atoms with Gasteiger partial charge in [-0.05, 0) is 50.1 Å². The molecule has 0 fully saturated rings. The maximum atomic E-state index is 12.3. The van der Waals surface area contributed by atoms with E-state index in [1.807, 2.05) is 25.1 Å². The van der Waals surface area contributed by atoms with Gasteiger partial charge >= 0.3 is 0 Å². The standard InChI is InChI=1S/C16H23N3O2/c1-4-19(3)16(21)11(2)18-15(20)13-6-5-12-7-8-17-10-14(12)9-13/h5-6,9,11,17H,4,7-8,10H2,1-3H3,(H,18,20). The van der Waals surface area contributed by atoms with Crippen LogP contribution in [0.4, 0.5) is 0 Å². The van der Waals surface area contributed by atoms with Gasteiger partial charge < -0.3 is 15.5 Å². The number of hydrogen-bond acceptors (Lipinski definition) is 3. The predicted molar refractivity (Wildman–Crippen MR) is 82.1 cm³/mol. The van der Waals surface area contributed by atoms with E-state index in [9.17, 15) is 9.59 Å². The van der Waals surface area contributed by atoms with E-state index in [2.05, 4.69) is 10.6 Å². The summed E-state index contributed by atoms with van der Waals surface area (Å²) in [6.07, 6.45) is 0.993. The quantitative estimate of drug-likeness (QED) is 0.867. The highest BCUT2D eigenvalue weighted by molar-refractivity contribution is 5.97. The molecule has 1 heterocycles. The molecule has 0 spiro atoms. The first-order valence-electron chi connectivity index (χ1n) is 7.41. The first kappa shape index (κ1) is 15.5. The fourth-order valence-electron chi connectivity index (χ4n) is 2.45. The van der Waals surface area contributed by atoms with E-state index < -0.39 is 6.04 Å². The Morgan fingerprint density at radius 1 is 1.38 bits per heavy atom. The van der Waals surface area contributed by atoms with Crippen LogP contribution in [0.5, 0.6) is 0 Å². The van der Waals surface area contributed by atoms with Gasteiger partial charge in [-0.1, -0.05) is 6.07 Å².